The van der Waals surface area contributed by atoms with Gasteiger partial charge >= 0.3 is 5.97 Å². The molecule has 1 fully saturated rings. The molecule has 0 aliphatic heterocycles. The Labute approximate surface area is 103 Å². The van der Waals surface area contributed by atoms with Crippen LogP contribution in [0.1, 0.15) is 19.8 Å². The van der Waals surface area contributed by atoms with Crippen molar-refractivity contribution in [3.05, 3.63) is 28.7 Å². The fraction of sp³-hybridized carbons (Fsp3) is 0.417. The molecule has 2 rings (SSSR count). The summed E-state index contributed by atoms with van der Waals surface area (Å²) in [7, 11) is 0. The highest BCUT2D eigenvalue weighted by Gasteiger charge is 2.48. The molecule has 1 aromatic carbocycles. The quantitative estimate of drug-likeness (QED) is 0.896. The Kier molecular flexibility index (Phi) is 2.93. The molecule has 0 heterocycles. The zero-order valence-corrected chi connectivity index (χ0v) is 10.6. The van der Waals surface area contributed by atoms with E-state index < -0.39 is 11.5 Å². The van der Waals surface area contributed by atoms with Crippen LogP contribution < -0.4 is 5.32 Å². The molecule has 1 aromatic rings. The fourth-order valence-electron chi connectivity index (χ4n) is 2.27. The Morgan fingerprint density at radius 2 is 2.00 bits per heavy atom. The molecule has 86 valence electrons. The van der Waals surface area contributed by atoms with E-state index in [1.807, 2.05) is 24.3 Å². The maximum absolute atomic E-state index is 11.2. The Bertz CT molecular complexity index is 396. The van der Waals surface area contributed by atoms with Gasteiger partial charge in [0.2, 0.25) is 0 Å². The maximum atomic E-state index is 11.2. The minimum Gasteiger partial charge on any atom is -0.480 e. The number of carboxylic acid groups (broad SMARTS) is 1. The first-order chi connectivity index (χ1) is 7.52. The van der Waals surface area contributed by atoms with E-state index in [9.17, 15) is 9.90 Å². The van der Waals surface area contributed by atoms with Crippen molar-refractivity contribution in [2.45, 2.75) is 25.3 Å². The van der Waals surface area contributed by atoms with Gasteiger partial charge in [-0.3, -0.25) is 0 Å². The first-order valence-corrected chi connectivity index (χ1v) is 6.08. The second-order valence-electron chi connectivity index (χ2n) is 4.53. The number of anilines is 1. The highest BCUT2D eigenvalue weighted by molar-refractivity contribution is 9.10. The van der Waals surface area contributed by atoms with Crippen molar-refractivity contribution in [3.8, 4) is 0 Å². The molecule has 0 atom stereocenters. The zero-order valence-electron chi connectivity index (χ0n) is 9.03. The molecule has 16 heavy (non-hydrogen) atoms. The lowest BCUT2D eigenvalue weighted by Crippen LogP contribution is -2.55. The summed E-state index contributed by atoms with van der Waals surface area (Å²) in [5, 5.41) is 12.4. The molecule has 0 saturated heterocycles. The first-order valence-electron chi connectivity index (χ1n) is 5.29. The third kappa shape index (κ3) is 2.07. The molecular formula is C12H14BrNO2. The zero-order chi connectivity index (χ0) is 11.8. The van der Waals surface area contributed by atoms with Crippen LogP contribution in [0.3, 0.4) is 0 Å². The van der Waals surface area contributed by atoms with Gasteiger partial charge in [0.25, 0.3) is 0 Å². The van der Waals surface area contributed by atoms with Crippen LogP contribution in [-0.4, -0.2) is 16.6 Å². The third-order valence-electron chi connectivity index (χ3n) is 3.03. The topological polar surface area (TPSA) is 49.3 Å². The van der Waals surface area contributed by atoms with Crippen LogP contribution in [0, 0.1) is 5.92 Å². The lowest BCUT2D eigenvalue weighted by atomic mass is 9.69. The van der Waals surface area contributed by atoms with Gasteiger partial charge in [0.05, 0.1) is 0 Å². The van der Waals surface area contributed by atoms with Crippen molar-refractivity contribution >= 4 is 27.6 Å². The summed E-state index contributed by atoms with van der Waals surface area (Å²) < 4.78 is 0.990. The van der Waals surface area contributed by atoms with Crippen LogP contribution in [0.15, 0.2) is 28.7 Å². The molecule has 1 saturated carbocycles. The predicted octanol–water partition coefficient (Wildman–Crippen LogP) is 3.11. The van der Waals surface area contributed by atoms with Gasteiger partial charge in [0.15, 0.2) is 0 Å². The van der Waals surface area contributed by atoms with E-state index >= 15 is 0 Å². The second kappa shape index (κ2) is 4.09. The van der Waals surface area contributed by atoms with Crippen molar-refractivity contribution < 1.29 is 9.90 Å². The molecule has 0 amide bonds. The van der Waals surface area contributed by atoms with E-state index in [-0.39, 0.29) is 0 Å². The average molecular weight is 284 g/mol. The predicted molar refractivity (Wildman–Crippen MR) is 66.5 cm³/mol. The standard InChI is InChI=1S/C12H14BrNO2/c1-8-6-12(7-8,11(15)16)14-10-4-2-9(13)3-5-10/h2-5,8,14H,6-7H2,1H3,(H,15,16). The van der Waals surface area contributed by atoms with Crippen LogP contribution >= 0.6 is 15.9 Å². The number of hydrogen-bond acceptors (Lipinski definition) is 2. The molecule has 4 heteroatoms. The van der Waals surface area contributed by atoms with Crippen molar-refractivity contribution in [2.75, 3.05) is 5.32 Å². The Morgan fingerprint density at radius 3 is 2.44 bits per heavy atom. The van der Waals surface area contributed by atoms with Crippen LogP contribution in [0.2, 0.25) is 0 Å². The Balaban J connectivity index is 2.13. The number of carboxylic acids is 1. The molecule has 2 N–H and O–H groups in total. The van der Waals surface area contributed by atoms with E-state index in [4.69, 9.17) is 0 Å². The molecular weight excluding hydrogens is 270 g/mol. The first kappa shape index (κ1) is 11.5. The van der Waals surface area contributed by atoms with E-state index in [1.165, 1.54) is 0 Å². The van der Waals surface area contributed by atoms with Gasteiger partial charge < -0.3 is 10.4 Å². The highest BCUT2D eigenvalue weighted by Crippen LogP contribution is 2.40. The minimum absolute atomic E-state index is 0.485. The van der Waals surface area contributed by atoms with Crippen LogP contribution in [0.5, 0.6) is 0 Å². The third-order valence-corrected chi connectivity index (χ3v) is 3.56. The maximum Gasteiger partial charge on any atom is 0.329 e. The molecule has 0 bridgehead atoms. The molecule has 0 spiro atoms. The minimum atomic E-state index is -0.757. The summed E-state index contributed by atoms with van der Waals surface area (Å²) in [5.41, 5.74) is 0.102. The summed E-state index contributed by atoms with van der Waals surface area (Å²) in [6.07, 6.45) is 1.39. The fourth-order valence-corrected chi connectivity index (χ4v) is 2.53. The van der Waals surface area contributed by atoms with Crippen LogP contribution in [0.4, 0.5) is 5.69 Å². The lowest BCUT2D eigenvalue weighted by Gasteiger charge is -2.44. The molecule has 1 aliphatic carbocycles. The Hall–Kier alpha value is -1.03. The number of rotatable bonds is 3. The average Bonchev–Trinajstić information content (AvgIpc) is 2.18. The van der Waals surface area contributed by atoms with Crippen molar-refractivity contribution in [1.82, 2.24) is 0 Å². The molecule has 0 aromatic heterocycles. The van der Waals surface area contributed by atoms with Gasteiger partial charge in [-0.25, -0.2) is 4.79 Å². The van der Waals surface area contributed by atoms with Gasteiger partial charge in [-0.05, 0) is 43.0 Å². The van der Waals surface area contributed by atoms with Crippen LogP contribution in [-0.2, 0) is 4.79 Å². The van der Waals surface area contributed by atoms with Gasteiger partial charge in [0.1, 0.15) is 5.54 Å². The smallest absolute Gasteiger partial charge is 0.329 e. The van der Waals surface area contributed by atoms with E-state index in [1.54, 1.807) is 0 Å². The van der Waals surface area contributed by atoms with E-state index in [0.29, 0.717) is 18.8 Å². The monoisotopic (exact) mass is 283 g/mol. The number of benzene rings is 1. The summed E-state index contributed by atoms with van der Waals surface area (Å²) in [5.74, 6) is -0.271. The lowest BCUT2D eigenvalue weighted by molar-refractivity contribution is -0.147. The number of carbonyl (C=O) groups is 1. The number of aliphatic carboxylic acids is 1. The summed E-state index contributed by atoms with van der Waals surface area (Å²) >= 11 is 3.35. The largest absolute Gasteiger partial charge is 0.480 e. The Morgan fingerprint density at radius 1 is 1.44 bits per heavy atom. The summed E-state index contributed by atoms with van der Waals surface area (Å²) in [6.45, 7) is 2.07. The van der Waals surface area contributed by atoms with E-state index in [2.05, 4.69) is 28.2 Å². The SMILES string of the molecule is CC1CC(Nc2ccc(Br)cc2)(C(=O)O)C1. The second-order valence-corrected chi connectivity index (χ2v) is 5.45. The molecule has 0 radical (unpaired) electrons. The molecule has 1 aliphatic rings. The van der Waals surface area contributed by atoms with Gasteiger partial charge in [-0.15, -0.1) is 0 Å². The van der Waals surface area contributed by atoms with Gasteiger partial charge in [-0.1, -0.05) is 22.9 Å². The number of hydrogen-bond donors (Lipinski definition) is 2. The highest BCUT2D eigenvalue weighted by atomic mass is 79.9. The normalized spacial score (nSPS) is 28.2. The number of halogens is 1. The van der Waals surface area contributed by atoms with Crippen molar-refractivity contribution in [1.29, 1.82) is 0 Å². The molecule has 0 unspecified atom stereocenters. The van der Waals surface area contributed by atoms with Gasteiger partial charge in [0, 0.05) is 10.2 Å². The summed E-state index contributed by atoms with van der Waals surface area (Å²) in [4.78, 5) is 11.2. The number of nitrogens with one attached hydrogen (secondary N) is 1. The van der Waals surface area contributed by atoms with E-state index in [0.717, 1.165) is 10.2 Å². The van der Waals surface area contributed by atoms with Crippen molar-refractivity contribution in [2.24, 2.45) is 5.92 Å². The summed E-state index contributed by atoms with van der Waals surface area (Å²) in [6, 6.07) is 7.58. The van der Waals surface area contributed by atoms with Gasteiger partial charge in [-0.2, -0.15) is 0 Å². The molecule has 3 nitrogen and oxygen atoms in total. The van der Waals surface area contributed by atoms with Crippen LogP contribution in [0.25, 0.3) is 0 Å². The van der Waals surface area contributed by atoms with Crippen molar-refractivity contribution in [3.63, 3.8) is 0 Å².